The molecule has 0 saturated carbocycles. The number of hydrogen-bond donors (Lipinski definition) is 1. The summed E-state index contributed by atoms with van der Waals surface area (Å²) < 4.78 is 4.96. The summed E-state index contributed by atoms with van der Waals surface area (Å²) in [5.41, 5.74) is 0.133. The van der Waals surface area contributed by atoms with Gasteiger partial charge in [0.1, 0.15) is 5.75 Å². The molecule has 6 nitrogen and oxygen atoms in total. The molecule has 0 spiro atoms. The Morgan fingerprint density at radius 2 is 1.95 bits per heavy atom. The fourth-order valence-electron chi connectivity index (χ4n) is 1.73. The minimum atomic E-state index is -0.605. The third-order valence-electron chi connectivity index (χ3n) is 2.78. The summed E-state index contributed by atoms with van der Waals surface area (Å²) in [7, 11) is 1.36. The van der Waals surface area contributed by atoms with E-state index in [1.807, 2.05) is 0 Å². The number of carbonyl (C=O) groups is 1. The van der Waals surface area contributed by atoms with Crippen LogP contribution in [0.5, 0.6) is 5.75 Å². The fourth-order valence-corrected chi connectivity index (χ4v) is 2.06. The van der Waals surface area contributed by atoms with Gasteiger partial charge in [-0.3, -0.25) is 14.9 Å². The van der Waals surface area contributed by atoms with Gasteiger partial charge in [0.25, 0.3) is 11.6 Å². The minimum absolute atomic E-state index is 0.0714. The van der Waals surface area contributed by atoms with Crippen molar-refractivity contribution in [3.05, 3.63) is 62.1 Å². The molecule has 22 heavy (non-hydrogen) atoms. The number of carbonyl (C=O) groups excluding carboxylic acids is 1. The Hall–Kier alpha value is -2.31. The van der Waals surface area contributed by atoms with Crippen molar-refractivity contribution in [1.29, 1.82) is 0 Å². The molecule has 0 aliphatic heterocycles. The smallest absolute Gasteiger partial charge is 0.273 e. The SMILES string of the molecule is COc1cc(C(=O)Nc2cc(Cl)ccc2Cl)cc([N+](=O)[O-])c1. The molecule has 0 atom stereocenters. The number of hydrogen-bond acceptors (Lipinski definition) is 4. The normalized spacial score (nSPS) is 10.1. The topological polar surface area (TPSA) is 81.5 Å². The van der Waals surface area contributed by atoms with E-state index in [1.165, 1.54) is 31.4 Å². The molecule has 2 aromatic carbocycles. The van der Waals surface area contributed by atoms with Gasteiger partial charge in [0, 0.05) is 11.1 Å². The molecule has 2 aromatic rings. The molecule has 0 unspecified atom stereocenters. The maximum absolute atomic E-state index is 12.2. The fraction of sp³-hybridized carbons (Fsp3) is 0.0714. The first kappa shape index (κ1) is 16.1. The summed E-state index contributed by atoms with van der Waals surface area (Å²) in [5.74, 6) is -0.359. The van der Waals surface area contributed by atoms with Crippen LogP contribution in [0.3, 0.4) is 0 Å². The highest BCUT2D eigenvalue weighted by atomic mass is 35.5. The van der Waals surface area contributed by atoms with Gasteiger partial charge in [-0.1, -0.05) is 23.2 Å². The van der Waals surface area contributed by atoms with Gasteiger partial charge in [0.05, 0.1) is 34.4 Å². The molecular weight excluding hydrogens is 331 g/mol. The van der Waals surface area contributed by atoms with Crippen LogP contribution in [0.4, 0.5) is 11.4 Å². The van der Waals surface area contributed by atoms with E-state index in [0.29, 0.717) is 15.7 Å². The third-order valence-corrected chi connectivity index (χ3v) is 3.34. The van der Waals surface area contributed by atoms with Crippen molar-refractivity contribution in [3.8, 4) is 5.75 Å². The van der Waals surface area contributed by atoms with Crippen LogP contribution in [-0.4, -0.2) is 17.9 Å². The highest BCUT2D eigenvalue weighted by molar-refractivity contribution is 6.35. The van der Waals surface area contributed by atoms with Crippen molar-refractivity contribution in [2.45, 2.75) is 0 Å². The molecule has 0 aliphatic rings. The first-order valence-electron chi connectivity index (χ1n) is 6.00. The number of rotatable bonds is 4. The molecule has 0 aromatic heterocycles. The number of nitrogens with zero attached hydrogens (tertiary/aromatic N) is 1. The van der Waals surface area contributed by atoms with Gasteiger partial charge in [-0.2, -0.15) is 0 Å². The first-order valence-corrected chi connectivity index (χ1v) is 6.76. The highest BCUT2D eigenvalue weighted by Crippen LogP contribution is 2.27. The maximum atomic E-state index is 12.2. The van der Waals surface area contributed by atoms with Crippen molar-refractivity contribution < 1.29 is 14.5 Å². The molecule has 0 saturated heterocycles. The van der Waals surface area contributed by atoms with Gasteiger partial charge in [-0.25, -0.2) is 0 Å². The van der Waals surface area contributed by atoms with Crippen molar-refractivity contribution in [2.24, 2.45) is 0 Å². The van der Waals surface area contributed by atoms with Crippen LogP contribution in [0.1, 0.15) is 10.4 Å². The number of amides is 1. The predicted molar refractivity (Wildman–Crippen MR) is 84.1 cm³/mol. The Morgan fingerprint density at radius 1 is 1.23 bits per heavy atom. The Kier molecular flexibility index (Phi) is 4.85. The van der Waals surface area contributed by atoms with Gasteiger partial charge in [0.15, 0.2) is 0 Å². The van der Waals surface area contributed by atoms with Crippen LogP contribution >= 0.6 is 23.2 Å². The summed E-state index contributed by atoms with van der Waals surface area (Å²) in [6, 6.07) is 8.36. The van der Waals surface area contributed by atoms with E-state index >= 15 is 0 Å². The first-order chi connectivity index (χ1) is 10.4. The van der Waals surface area contributed by atoms with E-state index in [9.17, 15) is 14.9 Å². The lowest BCUT2D eigenvalue weighted by molar-refractivity contribution is -0.384. The van der Waals surface area contributed by atoms with Gasteiger partial charge >= 0.3 is 0 Å². The summed E-state index contributed by atoms with van der Waals surface area (Å²) in [6.07, 6.45) is 0. The largest absolute Gasteiger partial charge is 0.496 e. The zero-order chi connectivity index (χ0) is 16.3. The molecule has 1 amide bonds. The summed E-state index contributed by atoms with van der Waals surface area (Å²) in [5, 5.41) is 14.1. The summed E-state index contributed by atoms with van der Waals surface area (Å²) >= 11 is 11.8. The van der Waals surface area contributed by atoms with Crippen molar-refractivity contribution in [3.63, 3.8) is 0 Å². The molecule has 0 bridgehead atoms. The molecule has 0 heterocycles. The minimum Gasteiger partial charge on any atom is -0.496 e. The van der Waals surface area contributed by atoms with Crippen LogP contribution in [0.15, 0.2) is 36.4 Å². The Labute approximate surface area is 135 Å². The average molecular weight is 341 g/mol. The monoisotopic (exact) mass is 340 g/mol. The molecule has 8 heteroatoms. The third kappa shape index (κ3) is 3.66. The highest BCUT2D eigenvalue weighted by Gasteiger charge is 2.16. The zero-order valence-corrected chi connectivity index (χ0v) is 12.8. The standard InChI is InChI=1S/C14H10Cl2N2O4/c1-22-11-5-8(4-10(7-11)18(20)21)14(19)17-13-6-9(15)2-3-12(13)16/h2-7H,1H3,(H,17,19). The number of ether oxygens (including phenoxy) is 1. The van der Waals surface area contributed by atoms with E-state index in [4.69, 9.17) is 27.9 Å². The molecule has 114 valence electrons. The van der Waals surface area contributed by atoms with E-state index in [1.54, 1.807) is 6.07 Å². The molecule has 0 aliphatic carbocycles. The lowest BCUT2D eigenvalue weighted by atomic mass is 10.1. The molecular formula is C14H10Cl2N2O4. The average Bonchev–Trinajstić information content (AvgIpc) is 2.50. The lowest BCUT2D eigenvalue weighted by Gasteiger charge is -2.09. The van der Waals surface area contributed by atoms with Crippen molar-refractivity contribution >= 4 is 40.5 Å². The van der Waals surface area contributed by atoms with Crippen LogP contribution in [0.2, 0.25) is 10.0 Å². The number of nitro benzene ring substituents is 1. The molecule has 0 radical (unpaired) electrons. The second-order valence-electron chi connectivity index (χ2n) is 4.26. The van der Waals surface area contributed by atoms with Gasteiger partial charge in [-0.15, -0.1) is 0 Å². The number of non-ortho nitro benzene ring substituents is 1. The van der Waals surface area contributed by atoms with Gasteiger partial charge < -0.3 is 10.1 Å². The number of nitrogens with one attached hydrogen (secondary N) is 1. The zero-order valence-electron chi connectivity index (χ0n) is 11.3. The number of methoxy groups -OCH3 is 1. The van der Waals surface area contributed by atoms with Crippen LogP contribution < -0.4 is 10.1 Å². The summed E-state index contributed by atoms with van der Waals surface area (Å²) in [6.45, 7) is 0. The molecule has 1 N–H and O–H groups in total. The number of halogens is 2. The Morgan fingerprint density at radius 3 is 2.59 bits per heavy atom. The summed E-state index contributed by atoms with van der Waals surface area (Å²) in [4.78, 5) is 22.5. The van der Waals surface area contributed by atoms with E-state index < -0.39 is 10.8 Å². The van der Waals surface area contributed by atoms with Gasteiger partial charge in [0.2, 0.25) is 0 Å². The second-order valence-corrected chi connectivity index (χ2v) is 5.10. The number of benzene rings is 2. The Balaban J connectivity index is 2.34. The van der Waals surface area contributed by atoms with E-state index in [-0.39, 0.29) is 17.0 Å². The predicted octanol–water partition coefficient (Wildman–Crippen LogP) is 4.16. The molecule has 2 rings (SSSR count). The van der Waals surface area contributed by atoms with E-state index in [2.05, 4.69) is 5.32 Å². The van der Waals surface area contributed by atoms with E-state index in [0.717, 1.165) is 6.07 Å². The van der Waals surface area contributed by atoms with Crippen molar-refractivity contribution in [1.82, 2.24) is 0 Å². The van der Waals surface area contributed by atoms with Crippen LogP contribution in [-0.2, 0) is 0 Å². The number of anilines is 1. The van der Waals surface area contributed by atoms with Crippen LogP contribution in [0, 0.1) is 10.1 Å². The van der Waals surface area contributed by atoms with Crippen LogP contribution in [0.25, 0.3) is 0 Å². The second kappa shape index (κ2) is 6.64. The maximum Gasteiger partial charge on any atom is 0.273 e. The Bertz CT molecular complexity index is 750. The van der Waals surface area contributed by atoms with Crippen molar-refractivity contribution in [2.75, 3.05) is 12.4 Å². The molecule has 0 fully saturated rings. The lowest BCUT2D eigenvalue weighted by Crippen LogP contribution is -2.12. The number of nitro groups is 1. The van der Waals surface area contributed by atoms with Gasteiger partial charge in [-0.05, 0) is 24.3 Å². The quantitative estimate of drug-likeness (QED) is 0.669.